The predicted octanol–water partition coefficient (Wildman–Crippen LogP) is 3.00. The molecule has 0 aliphatic heterocycles. The maximum Gasteiger partial charge on any atom is 0.306 e. The van der Waals surface area contributed by atoms with Gasteiger partial charge in [-0.1, -0.05) is 26.2 Å². The SMILES string of the molecule is CCCCCC(CCC(CCCC(=O)O)C(=O)O)C(=O)O. The molecule has 2 unspecified atom stereocenters. The predicted molar refractivity (Wildman–Crippen MR) is 77.1 cm³/mol. The van der Waals surface area contributed by atoms with Gasteiger partial charge in [-0.05, 0) is 32.1 Å². The lowest BCUT2D eigenvalue weighted by Crippen LogP contribution is -2.19. The highest BCUT2D eigenvalue weighted by Crippen LogP contribution is 2.22. The molecule has 0 aromatic carbocycles. The number of hydrogen-bond donors (Lipinski definition) is 3. The van der Waals surface area contributed by atoms with Crippen molar-refractivity contribution in [3.05, 3.63) is 0 Å². The van der Waals surface area contributed by atoms with Crippen LogP contribution in [-0.4, -0.2) is 33.2 Å². The maximum absolute atomic E-state index is 11.2. The third kappa shape index (κ3) is 9.87. The van der Waals surface area contributed by atoms with Crippen molar-refractivity contribution >= 4 is 17.9 Å². The van der Waals surface area contributed by atoms with Crippen LogP contribution in [0.1, 0.15) is 64.7 Å². The Morgan fingerprint density at radius 3 is 1.62 bits per heavy atom. The van der Waals surface area contributed by atoms with Crippen LogP contribution in [0.5, 0.6) is 0 Å². The summed E-state index contributed by atoms with van der Waals surface area (Å²) in [7, 11) is 0. The summed E-state index contributed by atoms with van der Waals surface area (Å²) in [4.78, 5) is 32.7. The average Bonchev–Trinajstić information content (AvgIpc) is 2.39. The second-order valence-electron chi connectivity index (χ2n) is 5.43. The molecule has 21 heavy (non-hydrogen) atoms. The Labute approximate surface area is 125 Å². The highest BCUT2D eigenvalue weighted by molar-refractivity contribution is 5.71. The first-order chi connectivity index (χ1) is 9.88. The molecule has 0 heterocycles. The average molecular weight is 302 g/mol. The number of hydrogen-bond acceptors (Lipinski definition) is 3. The first kappa shape index (κ1) is 19.4. The zero-order chi connectivity index (χ0) is 16.3. The fourth-order valence-electron chi connectivity index (χ4n) is 2.33. The lowest BCUT2D eigenvalue weighted by Gasteiger charge is -2.16. The van der Waals surface area contributed by atoms with E-state index in [1.54, 1.807) is 0 Å². The zero-order valence-electron chi connectivity index (χ0n) is 12.6. The standard InChI is InChI=1S/C15H26O6/c1-2-3-4-6-11(14(18)19)9-10-12(15(20)21)7-5-8-13(16)17/h11-12H,2-10H2,1H3,(H,16,17)(H,18,19)(H,20,21). The third-order valence-electron chi connectivity index (χ3n) is 3.66. The summed E-state index contributed by atoms with van der Waals surface area (Å²) in [6, 6.07) is 0. The van der Waals surface area contributed by atoms with Gasteiger partial charge in [-0.3, -0.25) is 14.4 Å². The van der Waals surface area contributed by atoms with Crippen LogP contribution in [0.4, 0.5) is 0 Å². The van der Waals surface area contributed by atoms with Gasteiger partial charge in [-0.15, -0.1) is 0 Å². The van der Waals surface area contributed by atoms with Crippen molar-refractivity contribution in [3.63, 3.8) is 0 Å². The van der Waals surface area contributed by atoms with Gasteiger partial charge in [0.2, 0.25) is 0 Å². The van der Waals surface area contributed by atoms with E-state index in [9.17, 15) is 14.4 Å². The topological polar surface area (TPSA) is 112 Å². The number of carboxylic acids is 3. The Balaban J connectivity index is 4.25. The van der Waals surface area contributed by atoms with Gasteiger partial charge in [0.05, 0.1) is 11.8 Å². The van der Waals surface area contributed by atoms with E-state index in [-0.39, 0.29) is 19.3 Å². The number of rotatable bonds is 13. The van der Waals surface area contributed by atoms with Crippen molar-refractivity contribution in [1.82, 2.24) is 0 Å². The van der Waals surface area contributed by atoms with Gasteiger partial charge >= 0.3 is 17.9 Å². The Hall–Kier alpha value is -1.59. The summed E-state index contributed by atoms with van der Waals surface area (Å²) in [6.45, 7) is 2.04. The third-order valence-corrected chi connectivity index (χ3v) is 3.66. The Morgan fingerprint density at radius 1 is 0.762 bits per heavy atom. The van der Waals surface area contributed by atoms with Crippen LogP contribution in [-0.2, 0) is 14.4 Å². The highest BCUT2D eigenvalue weighted by atomic mass is 16.4. The Bertz CT molecular complexity index is 339. The van der Waals surface area contributed by atoms with E-state index in [2.05, 4.69) is 0 Å². The molecule has 0 saturated carbocycles. The molecule has 0 bridgehead atoms. The van der Waals surface area contributed by atoms with Gasteiger partial charge in [0.1, 0.15) is 0 Å². The molecule has 0 aromatic rings. The monoisotopic (exact) mass is 302 g/mol. The number of aliphatic carboxylic acids is 3. The second kappa shape index (κ2) is 11.1. The van der Waals surface area contributed by atoms with Crippen LogP contribution in [0.3, 0.4) is 0 Å². The summed E-state index contributed by atoms with van der Waals surface area (Å²) >= 11 is 0. The minimum absolute atomic E-state index is 0.0529. The van der Waals surface area contributed by atoms with Gasteiger partial charge in [0, 0.05) is 6.42 Å². The van der Waals surface area contributed by atoms with Crippen LogP contribution in [0.15, 0.2) is 0 Å². The van der Waals surface area contributed by atoms with Crippen LogP contribution in [0.25, 0.3) is 0 Å². The summed E-state index contributed by atoms with van der Waals surface area (Å²) in [6.07, 6.45) is 4.56. The normalized spacial score (nSPS) is 13.6. The minimum Gasteiger partial charge on any atom is -0.481 e. The van der Waals surface area contributed by atoms with Crippen LogP contribution in [0, 0.1) is 11.8 Å². The van der Waals surface area contributed by atoms with Gasteiger partial charge in [-0.25, -0.2) is 0 Å². The van der Waals surface area contributed by atoms with E-state index >= 15 is 0 Å². The quantitative estimate of drug-likeness (QED) is 0.451. The molecular weight excluding hydrogens is 276 g/mol. The molecule has 0 aliphatic rings. The van der Waals surface area contributed by atoms with Gasteiger partial charge in [0.15, 0.2) is 0 Å². The fourth-order valence-corrected chi connectivity index (χ4v) is 2.33. The summed E-state index contributed by atoms with van der Waals surface area (Å²) < 4.78 is 0. The minimum atomic E-state index is -0.974. The van der Waals surface area contributed by atoms with Crippen LogP contribution in [0.2, 0.25) is 0 Å². The molecule has 0 amide bonds. The molecule has 122 valence electrons. The largest absolute Gasteiger partial charge is 0.481 e. The number of carboxylic acid groups (broad SMARTS) is 3. The summed E-state index contributed by atoms with van der Waals surface area (Å²) in [5.74, 6) is -3.95. The zero-order valence-corrected chi connectivity index (χ0v) is 12.6. The molecule has 0 spiro atoms. The number of carbonyl (C=O) groups is 3. The van der Waals surface area contributed by atoms with Crippen LogP contribution >= 0.6 is 0 Å². The van der Waals surface area contributed by atoms with Crippen molar-refractivity contribution in [2.24, 2.45) is 11.8 Å². The highest BCUT2D eigenvalue weighted by Gasteiger charge is 2.23. The Kier molecular flexibility index (Phi) is 10.3. The molecule has 0 aromatic heterocycles. The molecule has 6 nitrogen and oxygen atoms in total. The van der Waals surface area contributed by atoms with E-state index in [1.807, 2.05) is 6.92 Å². The molecule has 3 N–H and O–H groups in total. The van der Waals surface area contributed by atoms with E-state index in [0.29, 0.717) is 19.3 Å². The number of unbranched alkanes of at least 4 members (excludes halogenated alkanes) is 2. The molecular formula is C15H26O6. The molecule has 0 saturated heterocycles. The first-order valence-electron chi connectivity index (χ1n) is 7.55. The molecule has 0 radical (unpaired) electrons. The molecule has 0 aliphatic carbocycles. The van der Waals surface area contributed by atoms with E-state index < -0.39 is 29.7 Å². The van der Waals surface area contributed by atoms with Crippen LogP contribution < -0.4 is 0 Å². The van der Waals surface area contributed by atoms with E-state index in [1.165, 1.54) is 0 Å². The smallest absolute Gasteiger partial charge is 0.306 e. The van der Waals surface area contributed by atoms with E-state index in [0.717, 1.165) is 19.3 Å². The van der Waals surface area contributed by atoms with Gasteiger partial charge in [0.25, 0.3) is 0 Å². The maximum atomic E-state index is 11.2. The molecule has 0 fully saturated rings. The summed E-state index contributed by atoms with van der Waals surface area (Å²) in [5.41, 5.74) is 0. The van der Waals surface area contributed by atoms with Crippen molar-refractivity contribution in [2.45, 2.75) is 64.7 Å². The lowest BCUT2D eigenvalue weighted by molar-refractivity contribution is -0.145. The van der Waals surface area contributed by atoms with Crippen molar-refractivity contribution in [2.75, 3.05) is 0 Å². The molecule has 2 atom stereocenters. The molecule has 0 rings (SSSR count). The summed E-state index contributed by atoms with van der Waals surface area (Å²) in [5, 5.41) is 26.8. The van der Waals surface area contributed by atoms with Crippen molar-refractivity contribution in [1.29, 1.82) is 0 Å². The molecule has 6 heteroatoms. The van der Waals surface area contributed by atoms with Gasteiger partial charge in [-0.2, -0.15) is 0 Å². The van der Waals surface area contributed by atoms with E-state index in [4.69, 9.17) is 15.3 Å². The van der Waals surface area contributed by atoms with Gasteiger partial charge < -0.3 is 15.3 Å². The second-order valence-corrected chi connectivity index (χ2v) is 5.43. The first-order valence-corrected chi connectivity index (χ1v) is 7.55. The fraction of sp³-hybridized carbons (Fsp3) is 0.800. The van der Waals surface area contributed by atoms with Crippen molar-refractivity contribution < 1.29 is 29.7 Å². The lowest BCUT2D eigenvalue weighted by atomic mass is 9.89. The van der Waals surface area contributed by atoms with Crippen molar-refractivity contribution in [3.8, 4) is 0 Å². The Morgan fingerprint density at radius 2 is 1.24 bits per heavy atom.